The number of carbonyl (C=O) groups is 1. The molecular formula is C15H15ClN4O2. The van der Waals surface area contributed by atoms with Crippen molar-refractivity contribution in [2.24, 2.45) is 0 Å². The third-order valence-electron chi connectivity index (χ3n) is 3.63. The van der Waals surface area contributed by atoms with E-state index in [-0.39, 0.29) is 23.4 Å². The van der Waals surface area contributed by atoms with Gasteiger partial charge in [-0.25, -0.2) is 0 Å². The first-order chi connectivity index (χ1) is 10.7. The van der Waals surface area contributed by atoms with Crippen LogP contribution >= 0.6 is 11.6 Å². The molecule has 0 spiro atoms. The fourth-order valence-electron chi connectivity index (χ4n) is 2.38. The lowest BCUT2D eigenvalue weighted by molar-refractivity contribution is -0.132. The Kier molecular flexibility index (Phi) is 4.11. The molecule has 1 aliphatic heterocycles. The highest BCUT2D eigenvalue weighted by Gasteiger charge is 2.30. The summed E-state index contributed by atoms with van der Waals surface area (Å²) in [6.45, 7) is 1.12. The van der Waals surface area contributed by atoms with Gasteiger partial charge in [-0.15, -0.1) is 11.6 Å². The largest absolute Gasteiger partial charge is 0.374 e. The molecule has 0 aromatic carbocycles. The minimum absolute atomic E-state index is 0.00910. The lowest BCUT2D eigenvalue weighted by Crippen LogP contribution is -2.57. The summed E-state index contributed by atoms with van der Waals surface area (Å²) in [5.41, 5.74) is 2.19. The van der Waals surface area contributed by atoms with Crippen LogP contribution in [0.5, 0.6) is 0 Å². The summed E-state index contributed by atoms with van der Waals surface area (Å²) in [6.07, 6.45) is 5.08. The van der Waals surface area contributed by atoms with Gasteiger partial charge in [0.15, 0.2) is 0 Å². The molecule has 22 heavy (non-hydrogen) atoms. The fraction of sp³-hybridized carbons (Fsp3) is 0.267. The van der Waals surface area contributed by atoms with Crippen molar-refractivity contribution < 1.29 is 4.79 Å². The molecule has 0 radical (unpaired) electrons. The zero-order valence-corrected chi connectivity index (χ0v) is 12.5. The van der Waals surface area contributed by atoms with Gasteiger partial charge in [-0.3, -0.25) is 14.6 Å². The van der Waals surface area contributed by atoms with Crippen LogP contribution < -0.4 is 10.9 Å². The number of amides is 1. The van der Waals surface area contributed by atoms with E-state index in [1.807, 2.05) is 12.1 Å². The maximum absolute atomic E-state index is 11.9. The number of pyridine rings is 2. The Morgan fingerprint density at radius 3 is 2.77 bits per heavy atom. The minimum Gasteiger partial charge on any atom is -0.374 e. The minimum atomic E-state index is -0.181. The Morgan fingerprint density at radius 2 is 2.09 bits per heavy atom. The van der Waals surface area contributed by atoms with Crippen molar-refractivity contribution >= 4 is 23.2 Å². The molecule has 1 amide bonds. The monoisotopic (exact) mass is 318 g/mol. The van der Waals surface area contributed by atoms with Gasteiger partial charge >= 0.3 is 0 Å². The van der Waals surface area contributed by atoms with E-state index in [4.69, 9.17) is 11.6 Å². The number of rotatable bonds is 4. The molecule has 0 unspecified atom stereocenters. The molecule has 1 saturated heterocycles. The second-order valence-electron chi connectivity index (χ2n) is 5.14. The van der Waals surface area contributed by atoms with E-state index in [1.54, 1.807) is 29.6 Å². The van der Waals surface area contributed by atoms with Crippen LogP contribution in [0.15, 0.2) is 41.6 Å². The van der Waals surface area contributed by atoms with Crippen molar-refractivity contribution in [3.8, 4) is 11.1 Å². The summed E-state index contributed by atoms with van der Waals surface area (Å²) in [5, 5.41) is 3.17. The van der Waals surface area contributed by atoms with E-state index in [2.05, 4.69) is 15.3 Å². The Balaban J connectivity index is 1.72. The van der Waals surface area contributed by atoms with Crippen molar-refractivity contribution in [2.45, 2.75) is 6.04 Å². The molecule has 114 valence electrons. The van der Waals surface area contributed by atoms with Crippen LogP contribution in [0.4, 0.5) is 5.69 Å². The van der Waals surface area contributed by atoms with Gasteiger partial charge in [0.1, 0.15) is 11.6 Å². The highest BCUT2D eigenvalue weighted by atomic mass is 35.5. The van der Waals surface area contributed by atoms with Gasteiger partial charge in [0, 0.05) is 37.2 Å². The van der Waals surface area contributed by atoms with Gasteiger partial charge in [-0.1, -0.05) is 0 Å². The number of H-pyrrole nitrogens is 1. The number of nitrogens with one attached hydrogen (secondary N) is 2. The molecule has 3 rings (SSSR count). The van der Waals surface area contributed by atoms with Gasteiger partial charge in [0.25, 0.3) is 5.56 Å². The molecule has 0 saturated carbocycles. The Morgan fingerprint density at radius 1 is 1.36 bits per heavy atom. The summed E-state index contributed by atoms with van der Waals surface area (Å²) in [4.78, 5) is 31.7. The van der Waals surface area contributed by atoms with Crippen LogP contribution in [-0.4, -0.2) is 45.8 Å². The number of hydrogen-bond donors (Lipinski definition) is 2. The Bertz CT molecular complexity index is 726. The Hall–Kier alpha value is -2.34. The molecule has 3 heterocycles. The van der Waals surface area contributed by atoms with Crippen molar-refractivity contribution in [2.75, 3.05) is 24.3 Å². The number of carbonyl (C=O) groups excluding carboxylic acids is 1. The maximum Gasteiger partial charge on any atom is 0.271 e. The van der Waals surface area contributed by atoms with Gasteiger partial charge in [-0.05, 0) is 23.8 Å². The summed E-state index contributed by atoms with van der Waals surface area (Å²) < 4.78 is 0. The molecule has 2 N–H and O–H groups in total. The van der Waals surface area contributed by atoms with Gasteiger partial charge in [0.05, 0.1) is 6.04 Å². The average Bonchev–Trinajstić information content (AvgIpc) is 2.52. The zero-order valence-electron chi connectivity index (χ0n) is 11.8. The second-order valence-corrected chi connectivity index (χ2v) is 5.41. The number of likely N-dealkylation sites (tertiary alicyclic amines) is 1. The van der Waals surface area contributed by atoms with Crippen LogP contribution in [0.1, 0.15) is 0 Å². The lowest BCUT2D eigenvalue weighted by atomic mass is 10.1. The molecule has 2 aromatic heterocycles. The van der Waals surface area contributed by atoms with E-state index in [1.165, 1.54) is 0 Å². The first-order valence-electron chi connectivity index (χ1n) is 6.91. The summed E-state index contributed by atoms with van der Waals surface area (Å²) in [7, 11) is 0. The number of hydrogen-bond acceptors (Lipinski definition) is 4. The molecule has 0 aliphatic carbocycles. The predicted molar refractivity (Wildman–Crippen MR) is 85.0 cm³/mol. The number of alkyl halides is 1. The summed E-state index contributed by atoms with van der Waals surface area (Å²) in [6, 6.07) is 5.63. The average molecular weight is 319 g/mol. The smallest absolute Gasteiger partial charge is 0.271 e. The summed E-state index contributed by atoms with van der Waals surface area (Å²) in [5.74, 6) is -0.0932. The normalized spacial score (nSPS) is 14.5. The standard InChI is InChI=1S/C15H15ClN4O2/c16-6-14(21)20-8-12(9-20)19-13-5-11(7-18-15(13)22)10-1-3-17-4-2-10/h1-5,7,12,19H,6,8-9H2,(H,18,22). The van der Waals surface area contributed by atoms with Crippen LogP contribution in [-0.2, 0) is 4.79 Å². The SMILES string of the molecule is O=C(CCl)N1CC(Nc2cc(-c3ccncc3)c[nH]c2=O)C1. The zero-order chi connectivity index (χ0) is 15.5. The molecule has 7 heteroatoms. The van der Waals surface area contributed by atoms with Crippen molar-refractivity contribution in [3.05, 3.63) is 47.1 Å². The van der Waals surface area contributed by atoms with E-state index in [9.17, 15) is 9.59 Å². The molecule has 0 atom stereocenters. The second kappa shape index (κ2) is 6.19. The third kappa shape index (κ3) is 2.96. The van der Waals surface area contributed by atoms with E-state index in [0.717, 1.165) is 11.1 Å². The number of anilines is 1. The van der Waals surface area contributed by atoms with Crippen LogP contribution in [0.2, 0.25) is 0 Å². The van der Waals surface area contributed by atoms with Gasteiger partial charge in [-0.2, -0.15) is 0 Å². The highest BCUT2D eigenvalue weighted by Crippen LogP contribution is 2.20. The number of aromatic nitrogens is 2. The molecule has 1 aliphatic rings. The van der Waals surface area contributed by atoms with Crippen LogP contribution in [0, 0.1) is 0 Å². The number of halogens is 1. The topological polar surface area (TPSA) is 78.1 Å². The van der Waals surface area contributed by atoms with Gasteiger partial charge < -0.3 is 15.2 Å². The maximum atomic E-state index is 11.9. The van der Waals surface area contributed by atoms with E-state index < -0.39 is 0 Å². The Labute approximate surface area is 132 Å². The van der Waals surface area contributed by atoms with Crippen LogP contribution in [0.3, 0.4) is 0 Å². The van der Waals surface area contributed by atoms with Crippen molar-refractivity contribution in [3.63, 3.8) is 0 Å². The van der Waals surface area contributed by atoms with Crippen molar-refractivity contribution in [1.82, 2.24) is 14.9 Å². The molecule has 1 fully saturated rings. The van der Waals surface area contributed by atoms with Crippen molar-refractivity contribution in [1.29, 1.82) is 0 Å². The predicted octanol–water partition coefficient (Wildman–Crippen LogP) is 1.30. The molecule has 2 aromatic rings. The first kappa shape index (κ1) is 14.6. The van der Waals surface area contributed by atoms with Crippen LogP contribution in [0.25, 0.3) is 11.1 Å². The molecule has 6 nitrogen and oxygen atoms in total. The molecule has 0 bridgehead atoms. The number of aromatic amines is 1. The summed E-state index contributed by atoms with van der Waals surface area (Å²) >= 11 is 5.51. The first-order valence-corrected chi connectivity index (χ1v) is 7.44. The lowest BCUT2D eigenvalue weighted by Gasteiger charge is -2.39. The molecular weight excluding hydrogens is 304 g/mol. The quantitative estimate of drug-likeness (QED) is 0.833. The fourth-order valence-corrected chi connectivity index (χ4v) is 2.55. The third-order valence-corrected chi connectivity index (χ3v) is 3.85. The van der Waals surface area contributed by atoms with Gasteiger partial charge in [0.2, 0.25) is 5.91 Å². The highest BCUT2D eigenvalue weighted by molar-refractivity contribution is 6.27. The van der Waals surface area contributed by atoms with E-state index in [0.29, 0.717) is 18.8 Å². The number of nitrogens with zero attached hydrogens (tertiary/aromatic N) is 2. The van der Waals surface area contributed by atoms with E-state index >= 15 is 0 Å².